The molecule has 0 saturated heterocycles. The van der Waals surface area contributed by atoms with Gasteiger partial charge in [0, 0.05) is 35.4 Å². The smallest absolute Gasteiger partial charge is 0.0666 e. The first kappa shape index (κ1) is 12.6. The Kier molecular flexibility index (Phi) is 6.83. The lowest BCUT2D eigenvalue weighted by atomic mass is 10.2. The van der Waals surface area contributed by atoms with Crippen LogP contribution < -0.4 is 5.32 Å². The highest BCUT2D eigenvalue weighted by Crippen LogP contribution is 1.95. The fourth-order valence-corrected chi connectivity index (χ4v) is 1.55. The molecule has 0 aromatic rings. The van der Waals surface area contributed by atoms with Gasteiger partial charge in [-0.2, -0.15) is 5.26 Å². The van der Waals surface area contributed by atoms with Crippen LogP contribution in [0.1, 0.15) is 20.3 Å². The minimum Gasteiger partial charge on any atom is -0.313 e. The average molecular weight is 202 g/mol. The first-order valence-electron chi connectivity index (χ1n) is 4.49. The molecule has 0 aromatic heterocycles. The van der Waals surface area contributed by atoms with Crippen molar-refractivity contribution >= 4 is 10.8 Å². The molecule has 0 spiro atoms. The molecular formula is C9H18N2OS. The first-order chi connectivity index (χ1) is 6.06. The van der Waals surface area contributed by atoms with E-state index >= 15 is 0 Å². The standard InChI is InChI=1S/C9H18N2OS/c1-8(6-10)7-11-9(2)4-5-13(3)12/h8-9,11H,4-5,7H2,1-3H3. The molecule has 0 aromatic carbocycles. The molecule has 0 amide bonds. The van der Waals surface area contributed by atoms with Gasteiger partial charge in [0.25, 0.3) is 0 Å². The average Bonchev–Trinajstić information content (AvgIpc) is 2.10. The van der Waals surface area contributed by atoms with E-state index in [2.05, 4.69) is 18.3 Å². The minimum atomic E-state index is -0.707. The Hall–Kier alpha value is -0.400. The third-order valence-corrected chi connectivity index (χ3v) is 2.64. The van der Waals surface area contributed by atoms with Crippen LogP contribution >= 0.6 is 0 Å². The highest BCUT2D eigenvalue weighted by Gasteiger charge is 2.04. The third kappa shape index (κ3) is 7.94. The summed E-state index contributed by atoms with van der Waals surface area (Å²) in [5.41, 5.74) is 0. The largest absolute Gasteiger partial charge is 0.313 e. The zero-order valence-corrected chi connectivity index (χ0v) is 9.36. The van der Waals surface area contributed by atoms with Crippen LogP contribution in [0.15, 0.2) is 0 Å². The third-order valence-electron chi connectivity index (χ3n) is 1.83. The molecule has 0 aliphatic rings. The van der Waals surface area contributed by atoms with Crippen LogP contribution in [0.3, 0.4) is 0 Å². The molecule has 0 fully saturated rings. The lowest BCUT2D eigenvalue weighted by Gasteiger charge is -2.13. The molecule has 1 N–H and O–H groups in total. The quantitative estimate of drug-likeness (QED) is 0.696. The lowest BCUT2D eigenvalue weighted by Crippen LogP contribution is -2.31. The summed E-state index contributed by atoms with van der Waals surface area (Å²) in [6, 6.07) is 2.51. The maximum atomic E-state index is 10.8. The van der Waals surface area contributed by atoms with Crippen molar-refractivity contribution in [3.05, 3.63) is 0 Å². The van der Waals surface area contributed by atoms with Crippen molar-refractivity contribution in [2.75, 3.05) is 18.6 Å². The summed E-state index contributed by atoms with van der Waals surface area (Å²) in [5, 5.41) is 11.8. The number of nitrogens with one attached hydrogen (secondary N) is 1. The molecule has 13 heavy (non-hydrogen) atoms. The molecule has 4 heteroatoms. The molecule has 0 rings (SSSR count). The van der Waals surface area contributed by atoms with Gasteiger partial charge in [-0.05, 0) is 20.3 Å². The van der Waals surface area contributed by atoms with E-state index in [9.17, 15) is 4.21 Å². The van der Waals surface area contributed by atoms with Gasteiger partial charge in [-0.15, -0.1) is 0 Å². The van der Waals surface area contributed by atoms with Crippen LogP contribution in [0.4, 0.5) is 0 Å². The second-order valence-corrected chi connectivity index (χ2v) is 4.96. The van der Waals surface area contributed by atoms with Crippen molar-refractivity contribution in [2.24, 2.45) is 5.92 Å². The van der Waals surface area contributed by atoms with Gasteiger partial charge in [-0.25, -0.2) is 0 Å². The van der Waals surface area contributed by atoms with Crippen molar-refractivity contribution < 1.29 is 4.21 Å². The highest BCUT2D eigenvalue weighted by atomic mass is 32.2. The molecule has 0 saturated carbocycles. The summed E-state index contributed by atoms with van der Waals surface area (Å²) < 4.78 is 10.8. The Labute approximate surface area is 83.0 Å². The zero-order chi connectivity index (χ0) is 10.3. The van der Waals surface area contributed by atoms with E-state index in [1.807, 2.05) is 6.92 Å². The van der Waals surface area contributed by atoms with Gasteiger partial charge >= 0.3 is 0 Å². The summed E-state index contributed by atoms with van der Waals surface area (Å²) >= 11 is 0. The molecule has 3 nitrogen and oxygen atoms in total. The van der Waals surface area contributed by atoms with E-state index in [-0.39, 0.29) is 5.92 Å². The van der Waals surface area contributed by atoms with Crippen LogP contribution in [0, 0.1) is 17.2 Å². The number of nitrogens with zero attached hydrogens (tertiary/aromatic N) is 1. The van der Waals surface area contributed by atoms with Gasteiger partial charge in [0.05, 0.1) is 12.0 Å². The zero-order valence-electron chi connectivity index (χ0n) is 8.54. The fourth-order valence-electron chi connectivity index (χ4n) is 0.868. The Morgan fingerprint density at radius 1 is 1.54 bits per heavy atom. The number of rotatable bonds is 6. The predicted octanol–water partition coefficient (Wildman–Crippen LogP) is 0.893. The molecule has 0 radical (unpaired) electrons. The molecule has 0 heterocycles. The van der Waals surface area contributed by atoms with Crippen molar-refractivity contribution in [1.82, 2.24) is 5.32 Å². The summed E-state index contributed by atoms with van der Waals surface area (Å²) in [6.45, 7) is 4.66. The molecular weight excluding hydrogens is 184 g/mol. The fraction of sp³-hybridized carbons (Fsp3) is 0.889. The van der Waals surface area contributed by atoms with Gasteiger partial charge in [0.1, 0.15) is 0 Å². The van der Waals surface area contributed by atoms with E-state index in [1.54, 1.807) is 6.26 Å². The molecule has 0 aliphatic heterocycles. The summed E-state index contributed by atoms with van der Waals surface area (Å²) in [5.74, 6) is 0.782. The second-order valence-electron chi connectivity index (χ2n) is 3.41. The van der Waals surface area contributed by atoms with Gasteiger partial charge in [-0.1, -0.05) is 0 Å². The molecule has 0 aliphatic carbocycles. The Morgan fingerprint density at radius 2 is 2.15 bits per heavy atom. The van der Waals surface area contributed by atoms with Gasteiger partial charge in [0.2, 0.25) is 0 Å². The van der Waals surface area contributed by atoms with Gasteiger partial charge in [0.15, 0.2) is 0 Å². The van der Waals surface area contributed by atoms with Crippen LogP contribution in [0.25, 0.3) is 0 Å². The van der Waals surface area contributed by atoms with E-state index in [0.29, 0.717) is 12.6 Å². The maximum Gasteiger partial charge on any atom is 0.0666 e. The van der Waals surface area contributed by atoms with E-state index in [0.717, 1.165) is 12.2 Å². The Balaban J connectivity index is 3.46. The summed E-state index contributed by atoms with van der Waals surface area (Å²) in [6.07, 6.45) is 2.62. The van der Waals surface area contributed by atoms with Crippen molar-refractivity contribution in [3.8, 4) is 6.07 Å². The van der Waals surface area contributed by atoms with Gasteiger partial charge in [-0.3, -0.25) is 4.21 Å². The minimum absolute atomic E-state index is 0.0505. The maximum absolute atomic E-state index is 10.8. The number of hydrogen-bond donors (Lipinski definition) is 1. The van der Waals surface area contributed by atoms with Gasteiger partial charge < -0.3 is 5.32 Å². The van der Waals surface area contributed by atoms with Crippen LogP contribution in [-0.2, 0) is 10.8 Å². The highest BCUT2D eigenvalue weighted by molar-refractivity contribution is 7.84. The van der Waals surface area contributed by atoms with E-state index in [1.165, 1.54) is 0 Å². The van der Waals surface area contributed by atoms with Crippen molar-refractivity contribution in [3.63, 3.8) is 0 Å². The molecule has 76 valence electrons. The number of hydrogen-bond acceptors (Lipinski definition) is 3. The molecule has 3 unspecified atom stereocenters. The normalized spacial score (nSPS) is 17.4. The SMILES string of the molecule is CC(C#N)CNC(C)CCS(C)=O. The van der Waals surface area contributed by atoms with E-state index in [4.69, 9.17) is 5.26 Å². The molecule has 0 bridgehead atoms. The van der Waals surface area contributed by atoms with Crippen molar-refractivity contribution in [2.45, 2.75) is 26.3 Å². The lowest BCUT2D eigenvalue weighted by molar-refractivity contribution is 0.501. The summed E-state index contributed by atoms with van der Waals surface area (Å²) in [7, 11) is -0.707. The van der Waals surface area contributed by atoms with Crippen LogP contribution in [0.5, 0.6) is 0 Å². The Morgan fingerprint density at radius 3 is 2.62 bits per heavy atom. The van der Waals surface area contributed by atoms with Crippen LogP contribution in [-0.4, -0.2) is 28.8 Å². The van der Waals surface area contributed by atoms with Crippen LogP contribution in [0.2, 0.25) is 0 Å². The molecule has 3 atom stereocenters. The van der Waals surface area contributed by atoms with E-state index < -0.39 is 10.8 Å². The predicted molar refractivity (Wildman–Crippen MR) is 55.8 cm³/mol. The summed E-state index contributed by atoms with van der Waals surface area (Å²) in [4.78, 5) is 0. The number of nitriles is 1. The Bertz CT molecular complexity index is 200. The first-order valence-corrected chi connectivity index (χ1v) is 6.22. The van der Waals surface area contributed by atoms with Crippen molar-refractivity contribution in [1.29, 1.82) is 5.26 Å². The second kappa shape index (κ2) is 7.05. The monoisotopic (exact) mass is 202 g/mol. The topological polar surface area (TPSA) is 52.9 Å².